The quantitative estimate of drug-likeness (QED) is 0.135. The number of hydrogen-bond acceptors (Lipinski definition) is 7. The van der Waals surface area contributed by atoms with Crippen LogP contribution in [0.4, 0.5) is 5.13 Å². The van der Waals surface area contributed by atoms with Crippen molar-refractivity contribution in [3.63, 3.8) is 0 Å². The molecule has 1 unspecified atom stereocenters. The molecule has 1 fully saturated rings. The number of carbonyl (C=O) groups is 2. The summed E-state index contributed by atoms with van der Waals surface area (Å²) < 4.78 is 11.7. The molecule has 1 aromatic heterocycles. The lowest BCUT2D eigenvalue weighted by atomic mass is 9.95. The number of methoxy groups -OCH3 is 1. The molecule has 8 heteroatoms. The Morgan fingerprint density at radius 1 is 1.08 bits per heavy atom. The molecule has 0 spiro atoms. The fourth-order valence-corrected chi connectivity index (χ4v) is 5.78. The zero-order chi connectivity index (χ0) is 27.0. The van der Waals surface area contributed by atoms with E-state index in [0.717, 1.165) is 21.3 Å². The first-order valence-corrected chi connectivity index (χ1v) is 12.8. The number of Topliss-reactive ketones (excluding diaryl/α,β-unsaturated/α-hetero) is 1. The summed E-state index contributed by atoms with van der Waals surface area (Å²) in [7, 11) is 1.55. The van der Waals surface area contributed by atoms with Crippen LogP contribution in [0.15, 0.2) is 78.9 Å². The number of nitrogens with zero attached hydrogens (tertiary/aromatic N) is 2. The van der Waals surface area contributed by atoms with Gasteiger partial charge in [0.2, 0.25) is 0 Å². The van der Waals surface area contributed by atoms with E-state index in [2.05, 4.69) is 6.58 Å². The third kappa shape index (κ3) is 4.43. The molecule has 1 saturated heterocycles. The Morgan fingerprint density at radius 2 is 1.76 bits per heavy atom. The van der Waals surface area contributed by atoms with Crippen LogP contribution in [0.25, 0.3) is 16.0 Å². The van der Waals surface area contributed by atoms with Gasteiger partial charge in [-0.15, -0.1) is 0 Å². The van der Waals surface area contributed by atoms with Gasteiger partial charge in [-0.05, 0) is 73.0 Å². The lowest BCUT2D eigenvalue weighted by molar-refractivity contribution is -0.132. The lowest BCUT2D eigenvalue weighted by Crippen LogP contribution is -2.29. The second-order valence-corrected chi connectivity index (χ2v) is 10.0. The smallest absolute Gasteiger partial charge is 0.301 e. The maximum Gasteiger partial charge on any atom is 0.301 e. The minimum Gasteiger partial charge on any atom is -0.507 e. The Morgan fingerprint density at radius 3 is 2.42 bits per heavy atom. The number of aromatic nitrogens is 1. The number of aliphatic hydroxyl groups is 1. The van der Waals surface area contributed by atoms with E-state index in [1.807, 2.05) is 26.0 Å². The third-order valence-electron chi connectivity index (χ3n) is 6.40. The molecular formula is C30H26N2O5S. The van der Waals surface area contributed by atoms with Gasteiger partial charge >= 0.3 is 5.91 Å². The number of amides is 1. The van der Waals surface area contributed by atoms with Crippen LogP contribution in [0.1, 0.15) is 28.3 Å². The van der Waals surface area contributed by atoms with E-state index < -0.39 is 17.7 Å². The van der Waals surface area contributed by atoms with Crippen LogP contribution in [0, 0.1) is 13.8 Å². The highest BCUT2D eigenvalue weighted by Gasteiger charge is 2.48. The van der Waals surface area contributed by atoms with Crippen molar-refractivity contribution in [3.8, 4) is 11.5 Å². The third-order valence-corrected chi connectivity index (χ3v) is 7.40. The number of hydrogen-bond donors (Lipinski definition) is 1. The number of aryl methyl sites for hydroxylation is 2. The fourth-order valence-electron chi connectivity index (χ4n) is 4.61. The van der Waals surface area contributed by atoms with Gasteiger partial charge in [-0.1, -0.05) is 42.2 Å². The fraction of sp³-hybridized carbons (Fsp3) is 0.167. The van der Waals surface area contributed by atoms with E-state index in [-0.39, 0.29) is 11.3 Å². The molecule has 7 nitrogen and oxygen atoms in total. The Hall–Kier alpha value is -4.43. The number of aliphatic hydroxyl groups excluding tert-OH is 1. The SMILES string of the molecule is C=CCOc1ccc(C2/C(=C(\O)c3ccc(OC)cc3)C(=O)C(=O)N2c2nc3c(C)cc(C)cc3s2)cc1. The van der Waals surface area contributed by atoms with Crippen LogP contribution in [0.2, 0.25) is 0 Å². The van der Waals surface area contributed by atoms with Gasteiger partial charge in [0.15, 0.2) is 5.13 Å². The van der Waals surface area contributed by atoms with Gasteiger partial charge in [-0.25, -0.2) is 4.98 Å². The number of rotatable bonds is 7. The number of anilines is 1. The standard InChI is InChI=1S/C30H26N2O5S/c1-5-14-37-22-12-6-19(7-13-22)26-24(27(33)20-8-10-21(36-4)11-9-20)28(34)29(35)32(26)30-31-25-18(3)15-17(2)16-23(25)38-30/h5-13,15-16,26,33H,1,14H2,2-4H3/b27-24+. The van der Waals surface area contributed by atoms with Crippen LogP contribution in [-0.2, 0) is 9.59 Å². The van der Waals surface area contributed by atoms with E-state index in [4.69, 9.17) is 14.5 Å². The van der Waals surface area contributed by atoms with Crippen molar-refractivity contribution in [3.05, 3.63) is 101 Å². The number of ether oxygens (including phenoxy) is 2. The maximum atomic E-state index is 13.5. The van der Waals surface area contributed by atoms with E-state index in [1.165, 1.54) is 16.2 Å². The van der Waals surface area contributed by atoms with Crippen LogP contribution in [0.5, 0.6) is 11.5 Å². The zero-order valence-electron chi connectivity index (χ0n) is 21.2. The average molecular weight is 527 g/mol. The van der Waals surface area contributed by atoms with Crippen molar-refractivity contribution >= 4 is 44.1 Å². The molecule has 0 aliphatic carbocycles. The summed E-state index contributed by atoms with van der Waals surface area (Å²) in [5.74, 6) is -0.563. The van der Waals surface area contributed by atoms with Crippen LogP contribution in [0.3, 0.4) is 0 Å². The predicted octanol–water partition coefficient (Wildman–Crippen LogP) is 6.11. The largest absolute Gasteiger partial charge is 0.507 e. The Labute approximate surface area is 224 Å². The van der Waals surface area contributed by atoms with Gasteiger partial charge in [-0.3, -0.25) is 14.5 Å². The van der Waals surface area contributed by atoms with Crippen molar-refractivity contribution in [1.82, 2.24) is 4.98 Å². The summed E-state index contributed by atoms with van der Waals surface area (Å²) in [6, 6.07) is 16.9. The summed E-state index contributed by atoms with van der Waals surface area (Å²) in [6.45, 7) is 7.98. The Bertz CT molecular complexity index is 1590. The summed E-state index contributed by atoms with van der Waals surface area (Å²) in [5, 5.41) is 11.7. The molecule has 192 valence electrons. The molecule has 1 amide bonds. The van der Waals surface area contributed by atoms with Gasteiger partial charge in [-0.2, -0.15) is 0 Å². The topological polar surface area (TPSA) is 89.0 Å². The number of carbonyl (C=O) groups excluding carboxylic acids is 2. The summed E-state index contributed by atoms with van der Waals surface area (Å²) >= 11 is 1.34. The molecule has 1 aliphatic heterocycles. The molecule has 4 aromatic rings. The van der Waals surface area contributed by atoms with E-state index in [9.17, 15) is 14.7 Å². The van der Waals surface area contributed by atoms with Crippen molar-refractivity contribution in [1.29, 1.82) is 0 Å². The minimum atomic E-state index is -0.882. The van der Waals surface area contributed by atoms with Gasteiger partial charge in [0.1, 0.15) is 23.9 Å². The lowest BCUT2D eigenvalue weighted by Gasteiger charge is -2.23. The van der Waals surface area contributed by atoms with Gasteiger partial charge < -0.3 is 14.6 Å². The summed E-state index contributed by atoms with van der Waals surface area (Å²) in [5.41, 5.74) is 3.87. The normalized spacial score (nSPS) is 16.7. The number of ketones is 1. The van der Waals surface area contributed by atoms with E-state index >= 15 is 0 Å². The van der Waals surface area contributed by atoms with Gasteiger partial charge in [0.05, 0.1) is 28.9 Å². The van der Waals surface area contributed by atoms with Crippen molar-refractivity contribution < 1.29 is 24.2 Å². The molecule has 0 radical (unpaired) electrons. The molecule has 1 N–H and O–H groups in total. The monoisotopic (exact) mass is 526 g/mol. The highest BCUT2D eigenvalue weighted by molar-refractivity contribution is 7.22. The Kier molecular flexibility index (Phi) is 6.73. The van der Waals surface area contributed by atoms with Gasteiger partial charge in [0, 0.05) is 5.56 Å². The second-order valence-electron chi connectivity index (χ2n) is 8.99. The maximum absolute atomic E-state index is 13.5. The Balaban J connectivity index is 1.68. The number of benzene rings is 3. The van der Waals surface area contributed by atoms with Crippen LogP contribution < -0.4 is 14.4 Å². The highest BCUT2D eigenvalue weighted by atomic mass is 32.1. The van der Waals surface area contributed by atoms with Gasteiger partial charge in [0.25, 0.3) is 5.78 Å². The van der Waals surface area contributed by atoms with Crippen molar-refractivity contribution in [2.75, 3.05) is 18.6 Å². The van der Waals surface area contributed by atoms with E-state index in [0.29, 0.717) is 34.4 Å². The molecule has 2 heterocycles. The first-order chi connectivity index (χ1) is 18.3. The molecule has 0 saturated carbocycles. The molecule has 1 atom stereocenters. The van der Waals surface area contributed by atoms with Crippen molar-refractivity contribution in [2.24, 2.45) is 0 Å². The number of fused-ring (bicyclic) bond motifs is 1. The molecule has 3 aromatic carbocycles. The summed E-state index contributed by atoms with van der Waals surface area (Å²) in [6.07, 6.45) is 1.65. The van der Waals surface area contributed by atoms with E-state index in [1.54, 1.807) is 61.7 Å². The first-order valence-electron chi connectivity index (χ1n) is 12.0. The van der Waals surface area contributed by atoms with Crippen molar-refractivity contribution in [2.45, 2.75) is 19.9 Å². The first kappa shape index (κ1) is 25.2. The molecule has 1 aliphatic rings. The molecule has 38 heavy (non-hydrogen) atoms. The number of thiazole rings is 1. The van der Waals surface area contributed by atoms with Crippen LogP contribution in [-0.4, -0.2) is 35.5 Å². The second kappa shape index (κ2) is 10.1. The van der Waals surface area contributed by atoms with Crippen LogP contribution >= 0.6 is 11.3 Å². The minimum absolute atomic E-state index is 0.00733. The summed E-state index contributed by atoms with van der Waals surface area (Å²) in [4.78, 5) is 33.1. The molecule has 5 rings (SSSR count). The predicted molar refractivity (Wildman–Crippen MR) is 149 cm³/mol. The zero-order valence-corrected chi connectivity index (χ0v) is 22.0. The average Bonchev–Trinajstić information content (AvgIpc) is 3.46. The molecular weight excluding hydrogens is 500 g/mol. The highest BCUT2D eigenvalue weighted by Crippen LogP contribution is 2.45. The molecule has 0 bridgehead atoms.